The average Bonchev–Trinajstić information content (AvgIpc) is 2.96. The van der Waals surface area contributed by atoms with E-state index in [0.717, 1.165) is 34.7 Å². The fourth-order valence-corrected chi connectivity index (χ4v) is 2.89. The minimum absolute atomic E-state index is 0.176. The van der Waals surface area contributed by atoms with Gasteiger partial charge in [0.25, 0.3) is 0 Å². The van der Waals surface area contributed by atoms with E-state index in [1.807, 2.05) is 24.3 Å². The van der Waals surface area contributed by atoms with Gasteiger partial charge < -0.3 is 16.0 Å². The van der Waals surface area contributed by atoms with E-state index < -0.39 is 29.5 Å². The number of aromatic amines is 1. The zero-order valence-electron chi connectivity index (χ0n) is 13.8. The number of rotatable bonds is 6. The molecule has 134 valence electrons. The standard InChI is InChI=1S/C19H17F2N3O2/c20-13-5-11(6-14(21)9-13)7-18(25)24-17(19(22)26)8-12-10-23-16-4-2-1-3-15(12)16/h1-6,9-10,17,23H,7-8H2,(H2,22,26)(H,24,25)/t17-/m0/s1. The smallest absolute Gasteiger partial charge is 0.240 e. The van der Waals surface area contributed by atoms with Crippen LogP contribution in [0.25, 0.3) is 10.9 Å². The molecule has 26 heavy (non-hydrogen) atoms. The summed E-state index contributed by atoms with van der Waals surface area (Å²) in [4.78, 5) is 27.0. The molecule has 0 unspecified atom stereocenters. The quantitative estimate of drug-likeness (QED) is 0.631. The number of carbonyl (C=O) groups excluding carboxylic acids is 2. The molecule has 0 saturated carbocycles. The molecule has 0 spiro atoms. The maximum atomic E-state index is 13.2. The summed E-state index contributed by atoms with van der Waals surface area (Å²) < 4.78 is 26.4. The minimum atomic E-state index is -0.930. The van der Waals surface area contributed by atoms with Crippen LogP contribution in [0.2, 0.25) is 0 Å². The largest absolute Gasteiger partial charge is 0.368 e. The number of aromatic nitrogens is 1. The summed E-state index contributed by atoms with van der Waals surface area (Å²) in [6, 6.07) is 9.49. The lowest BCUT2D eigenvalue weighted by Crippen LogP contribution is -2.46. The fraction of sp³-hybridized carbons (Fsp3) is 0.158. The molecule has 0 aliphatic carbocycles. The fourth-order valence-electron chi connectivity index (χ4n) is 2.89. The first kappa shape index (κ1) is 17.6. The highest BCUT2D eigenvalue weighted by Crippen LogP contribution is 2.19. The van der Waals surface area contributed by atoms with Gasteiger partial charge in [-0.05, 0) is 29.3 Å². The van der Waals surface area contributed by atoms with Gasteiger partial charge in [0.05, 0.1) is 6.42 Å². The van der Waals surface area contributed by atoms with Crippen molar-refractivity contribution in [3.8, 4) is 0 Å². The van der Waals surface area contributed by atoms with Crippen molar-refractivity contribution < 1.29 is 18.4 Å². The molecule has 0 radical (unpaired) electrons. The number of benzene rings is 2. The Labute approximate surface area is 148 Å². The maximum absolute atomic E-state index is 13.2. The number of primary amides is 1. The zero-order chi connectivity index (χ0) is 18.7. The lowest BCUT2D eigenvalue weighted by Gasteiger charge is -2.15. The van der Waals surface area contributed by atoms with Gasteiger partial charge in [-0.15, -0.1) is 0 Å². The molecule has 5 nitrogen and oxygen atoms in total. The number of nitrogens with two attached hydrogens (primary N) is 1. The van der Waals surface area contributed by atoms with Gasteiger partial charge in [0.1, 0.15) is 17.7 Å². The molecule has 2 amide bonds. The molecule has 1 aromatic heterocycles. The maximum Gasteiger partial charge on any atom is 0.240 e. The number of hydrogen-bond acceptors (Lipinski definition) is 2. The Morgan fingerprint density at radius 2 is 1.81 bits per heavy atom. The molecular formula is C19H17F2N3O2. The van der Waals surface area contributed by atoms with Crippen molar-refractivity contribution in [1.82, 2.24) is 10.3 Å². The van der Waals surface area contributed by atoms with Gasteiger partial charge >= 0.3 is 0 Å². The Morgan fingerprint density at radius 1 is 1.12 bits per heavy atom. The molecule has 0 aliphatic heterocycles. The van der Waals surface area contributed by atoms with Crippen LogP contribution >= 0.6 is 0 Å². The van der Waals surface area contributed by atoms with Crippen molar-refractivity contribution in [2.24, 2.45) is 5.73 Å². The van der Waals surface area contributed by atoms with Crippen LogP contribution in [-0.2, 0) is 22.4 Å². The number of amides is 2. The Bertz CT molecular complexity index is 948. The number of halogens is 2. The normalized spacial score (nSPS) is 12.1. The van der Waals surface area contributed by atoms with E-state index in [-0.39, 0.29) is 18.4 Å². The molecule has 7 heteroatoms. The summed E-state index contributed by atoms with van der Waals surface area (Å²) in [7, 11) is 0. The Balaban J connectivity index is 1.72. The van der Waals surface area contributed by atoms with Gasteiger partial charge in [0.15, 0.2) is 0 Å². The molecule has 0 saturated heterocycles. The highest BCUT2D eigenvalue weighted by molar-refractivity contribution is 5.89. The molecular weight excluding hydrogens is 340 g/mol. The molecule has 2 aromatic carbocycles. The Hall–Kier alpha value is -3.22. The first-order valence-electron chi connectivity index (χ1n) is 8.01. The van der Waals surface area contributed by atoms with E-state index in [4.69, 9.17) is 5.73 Å². The number of para-hydroxylation sites is 1. The van der Waals surface area contributed by atoms with Gasteiger partial charge in [-0.1, -0.05) is 18.2 Å². The van der Waals surface area contributed by atoms with Crippen molar-refractivity contribution in [2.45, 2.75) is 18.9 Å². The van der Waals surface area contributed by atoms with Crippen molar-refractivity contribution in [3.63, 3.8) is 0 Å². The van der Waals surface area contributed by atoms with Crippen molar-refractivity contribution in [3.05, 3.63) is 71.4 Å². The Morgan fingerprint density at radius 3 is 2.50 bits per heavy atom. The molecule has 1 atom stereocenters. The van der Waals surface area contributed by atoms with Crippen molar-refractivity contribution in [2.75, 3.05) is 0 Å². The molecule has 0 fully saturated rings. The highest BCUT2D eigenvalue weighted by Gasteiger charge is 2.20. The molecule has 4 N–H and O–H groups in total. The number of H-pyrrole nitrogens is 1. The summed E-state index contributed by atoms with van der Waals surface area (Å²) in [5, 5.41) is 3.47. The molecule has 3 rings (SSSR count). The van der Waals surface area contributed by atoms with Crippen LogP contribution < -0.4 is 11.1 Å². The van der Waals surface area contributed by atoms with Crippen LogP contribution in [-0.4, -0.2) is 22.8 Å². The van der Waals surface area contributed by atoms with Crippen LogP contribution in [0.15, 0.2) is 48.7 Å². The predicted molar refractivity (Wildman–Crippen MR) is 93.2 cm³/mol. The SMILES string of the molecule is NC(=O)[C@H](Cc1c[nH]c2ccccc12)NC(=O)Cc1cc(F)cc(F)c1. The number of fused-ring (bicyclic) bond motifs is 1. The first-order chi connectivity index (χ1) is 12.4. The monoisotopic (exact) mass is 357 g/mol. The summed E-state index contributed by atoms with van der Waals surface area (Å²) in [5.41, 5.74) is 7.32. The van der Waals surface area contributed by atoms with Crippen LogP contribution in [0.1, 0.15) is 11.1 Å². The lowest BCUT2D eigenvalue weighted by molar-refractivity contribution is -0.126. The Kier molecular flexibility index (Phi) is 4.97. The second kappa shape index (κ2) is 7.35. The van der Waals surface area contributed by atoms with Gasteiger partial charge in [0.2, 0.25) is 11.8 Å². The van der Waals surface area contributed by atoms with E-state index in [1.54, 1.807) is 6.20 Å². The predicted octanol–water partition coefficient (Wildman–Crippen LogP) is 2.20. The van der Waals surface area contributed by atoms with Gasteiger partial charge in [-0.3, -0.25) is 9.59 Å². The second-order valence-electron chi connectivity index (χ2n) is 6.04. The number of carbonyl (C=O) groups is 2. The van der Waals surface area contributed by atoms with Crippen molar-refractivity contribution in [1.29, 1.82) is 0 Å². The topological polar surface area (TPSA) is 88.0 Å². The lowest BCUT2D eigenvalue weighted by atomic mass is 10.0. The van der Waals surface area contributed by atoms with Gasteiger partial charge in [-0.2, -0.15) is 0 Å². The highest BCUT2D eigenvalue weighted by atomic mass is 19.1. The van der Waals surface area contributed by atoms with Gasteiger partial charge in [-0.25, -0.2) is 8.78 Å². The zero-order valence-corrected chi connectivity index (χ0v) is 13.8. The third-order valence-electron chi connectivity index (χ3n) is 4.06. The molecule has 1 heterocycles. The van der Waals surface area contributed by atoms with Crippen molar-refractivity contribution >= 4 is 22.7 Å². The summed E-state index contributed by atoms with van der Waals surface area (Å²) in [5.74, 6) is -2.76. The minimum Gasteiger partial charge on any atom is -0.368 e. The van der Waals surface area contributed by atoms with Crippen LogP contribution in [0.3, 0.4) is 0 Å². The molecule has 0 bridgehead atoms. The van der Waals surface area contributed by atoms with E-state index >= 15 is 0 Å². The van der Waals surface area contributed by atoms with Gasteiger partial charge in [0, 0.05) is 29.6 Å². The number of hydrogen-bond donors (Lipinski definition) is 3. The molecule has 0 aliphatic rings. The summed E-state index contributed by atoms with van der Waals surface area (Å²) in [6.45, 7) is 0. The molecule has 3 aromatic rings. The van der Waals surface area contributed by atoms with E-state index in [1.165, 1.54) is 0 Å². The first-order valence-corrected chi connectivity index (χ1v) is 8.01. The van der Waals surface area contributed by atoms with Crippen LogP contribution in [0.5, 0.6) is 0 Å². The second-order valence-corrected chi connectivity index (χ2v) is 6.04. The van der Waals surface area contributed by atoms with E-state index in [2.05, 4.69) is 10.3 Å². The van der Waals surface area contributed by atoms with E-state index in [0.29, 0.717) is 0 Å². The third kappa shape index (κ3) is 4.05. The average molecular weight is 357 g/mol. The van der Waals surface area contributed by atoms with Crippen LogP contribution in [0.4, 0.5) is 8.78 Å². The number of nitrogens with one attached hydrogen (secondary N) is 2. The van der Waals surface area contributed by atoms with E-state index in [9.17, 15) is 18.4 Å². The van der Waals surface area contributed by atoms with Crippen LogP contribution in [0, 0.1) is 11.6 Å². The summed E-state index contributed by atoms with van der Waals surface area (Å²) in [6.07, 6.45) is 1.71. The third-order valence-corrected chi connectivity index (χ3v) is 4.06. The summed E-state index contributed by atoms with van der Waals surface area (Å²) >= 11 is 0.